The zero-order chi connectivity index (χ0) is 15.8. The molecule has 1 nitrogen and oxygen atoms in total. The van der Waals surface area contributed by atoms with E-state index in [0.29, 0.717) is 0 Å². The lowest BCUT2D eigenvalue weighted by molar-refractivity contribution is 0.298. The van der Waals surface area contributed by atoms with E-state index in [9.17, 15) is 0 Å². The largest absolute Gasteiger partial charge is 0.418 e. The second-order valence-electron chi connectivity index (χ2n) is 7.56. The smallest absolute Gasteiger partial charge is 0.183 e. The van der Waals surface area contributed by atoms with Crippen LogP contribution in [-0.4, -0.2) is 14.9 Å². The summed E-state index contributed by atoms with van der Waals surface area (Å²) in [5.74, 6) is 0. The van der Waals surface area contributed by atoms with E-state index < -0.39 is 8.32 Å². The van der Waals surface area contributed by atoms with Gasteiger partial charge in [0.25, 0.3) is 0 Å². The molecule has 0 N–H and O–H groups in total. The lowest BCUT2D eigenvalue weighted by Crippen LogP contribution is -2.25. The first-order valence-corrected chi connectivity index (χ1v) is 13.1. The third-order valence-electron chi connectivity index (χ3n) is 4.03. The van der Waals surface area contributed by atoms with Crippen molar-refractivity contribution in [1.82, 2.24) is 0 Å². The van der Waals surface area contributed by atoms with Crippen LogP contribution in [-0.2, 0) is 4.43 Å². The molecule has 0 rings (SSSR count). The second-order valence-corrected chi connectivity index (χ2v) is 12.1. The number of rotatable bonds is 16. The first-order chi connectivity index (χ1) is 10.1. The maximum atomic E-state index is 5.88. The Kier molecular flexibility index (Phi) is 15.2. The van der Waals surface area contributed by atoms with Gasteiger partial charge in [0.1, 0.15) is 0 Å². The summed E-state index contributed by atoms with van der Waals surface area (Å²) in [6.07, 6.45) is 20.0. The van der Waals surface area contributed by atoms with E-state index in [0.717, 1.165) is 6.61 Å². The predicted octanol–water partition coefficient (Wildman–Crippen LogP) is 7.32. The Morgan fingerprint density at radius 1 is 0.524 bits per heavy atom. The van der Waals surface area contributed by atoms with Gasteiger partial charge in [-0.1, -0.05) is 90.4 Å². The lowest BCUT2D eigenvalue weighted by atomic mass is 10.0. The van der Waals surface area contributed by atoms with Crippen molar-refractivity contribution < 1.29 is 4.43 Å². The summed E-state index contributed by atoms with van der Waals surface area (Å²) in [5.41, 5.74) is 0. The summed E-state index contributed by atoms with van der Waals surface area (Å²) in [4.78, 5) is 0. The minimum Gasteiger partial charge on any atom is -0.418 e. The Morgan fingerprint density at radius 2 is 0.857 bits per heavy atom. The molecular weight excluding hydrogens is 272 g/mol. The van der Waals surface area contributed by atoms with E-state index in [-0.39, 0.29) is 0 Å². The van der Waals surface area contributed by atoms with E-state index in [1.54, 1.807) is 0 Å². The van der Waals surface area contributed by atoms with Gasteiger partial charge in [0.15, 0.2) is 8.32 Å². The average Bonchev–Trinajstić information content (AvgIpc) is 2.42. The zero-order valence-electron chi connectivity index (χ0n) is 15.5. The molecule has 0 spiro atoms. The highest BCUT2D eigenvalue weighted by molar-refractivity contribution is 6.69. The van der Waals surface area contributed by atoms with Crippen LogP contribution in [0.15, 0.2) is 0 Å². The molecular formula is C19H42OSi. The van der Waals surface area contributed by atoms with Crippen LogP contribution in [0.5, 0.6) is 0 Å². The zero-order valence-corrected chi connectivity index (χ0v) is 16.5. The van der Waals surface area contributed by atoms with Gasteiger partial charge in [0, 0.05) is 6.61 Å². The second kappa shape index (κ2) is 15.1. The fraction of sp³-hybridized carbons (Fsp3) is 1.00. The molecule has 0 fully saturated rings. The molecule has 0 bridgehead atoms. The highest BCUT2D eigenvalue weighted by Gasteiger charge is 2.12. The van der Waals surface area contributed by atoms with Crippen LogP contribution in [0.25, 0.3) is 0 Å². The Balaban J connectivity index is 3.00. The van der Waals surface area contributed by atoms with Crippen LogP contribution in [0, 0.1) is 0 Å². The molecule has 0 aliphatic heterocycles. The summed E-state index contributed by atoms with van der Waals surface area (Å²) in [6.45, 7) is 10.1. The molecule has 0 aromatic heterocycles. The van der Waals surface area contributed by atoms with Gasteiger partial charge in [-0.15, -0.1) is 0 Å². The van der Waals surface area contributed by atoms with Crippen molar-refractivity contribution in [1.29, 1.82) is 0 Å². The molecule has 0 aliphatic carbocycles. The van der Waals surface area contributed by atoms with Crippen molar-refractivity contribution in [2.75, 3.05) is 6.61 Å². The van der Waals surface area contributed by atoms with Crippen LogP contribution in [0.4, 0.5) is 0 Å². The molecule has 0 aliphatic rings. The predicted molar refractivity (Wildman–Crippen MR) is 99.6 cm³/mol. The first kappa shape index (κ1) is 21.2. The fourth-order valence-electron chi connectivity index (χ4n) is 2.67. The Morgan fingerprint density at radius 3 is 1.19 bits per heavy atom. The molecule has 0 atom stereocenters. The first-order valence-electron chi connectivity index (χ1n) is 9.70. The summed E-state index contributed by atoms with van der Waals surface area (Å²) in [6, 6.07) is 0. The third kappa shape index (κ3) is 20.2. The van der Waals surface area contributed by atoms with Crippen LogP contribution in [0.2, 0.25) is 19.6 Å². The highest BCUT2D eigenvalue weighted by Crippen LogP contribution is 2.13. The van der Waals surface area contributed by atoms with Gasteiger partial charge in [0.2, 0.25) is 0 Å². The molecule has 0 radical (unpaired) electrons. The molecule has 0 aromatic carbocycles. The third-order valence-corrected chi connectivity index (χ3v) is 5.10. The summed E-state index contributed by atoms with van der Waals surface area (Å²) >= 11 is 0. The van der Waals surface area contributed by atoms with Crippen molar-refractivity contribution in [3.05, 3.63) is 0 Å². The van der Waals surface area contributed by atoms with Crippen LogP contribution >= 0.6 is 0 Å². The maximum Gasteiger partial charge on any atom is 0.183 e. The quantitative estimate of drug-likeness (QED) is 0.214. The van der Waals surface area contributed by atoms with E-state index in [1.165, 1.54) is 89.9 Å². The van der Waals surface area contributed by atoms with Gasteiger partial charge in [-0.05, 0) is 26.1 Å². The van der Waals surface area contributed by atoms with Crippen LogP contribution in [0.1, 0.15) is 96.8 Å². The summed E-state index contributed by atoms with van der Waals surface area (Å²) in [7, 11) is -1.26. The summed E-state index contributed by atoms with van der Waals surface area (Å²) in [5, 5.41) is 0. The van der Waals surface area contributed by atoms with Crippen LogP contribution in [0.3, 0.4) is 0 Å². The van der Waals surface area contributed by atoms with Crippen molar-refractivity contribution in [3.63, 3.8) is 0 Å². The Bertz CT molecular complexity index is 198. The number of hydrogen-bond acceptors (Lipinski definition) is 1. The van der Waals surface area contributed by atoms with Gasteiger partial charge in [-0.2, -0.15) is 0 Å². The molecule has 0 unspecified atom stereocenters. The molecule has 21 heavy (non-hydrogen) atoms. The minimum atomic E-state index is -1.26. The summed E-state index contributed by atoms with van der Waals surface area (Å²) < 4.78 is 5.88. The standard InChI is InChI=1S/C19H42OSi/c1-5-6-7-8-9-10-11-12-13-14-15-16-17-18-19-20-21(2,3)4/h5-19H2,1-4H3. The Labute approximate surface area is 136 Å². The lowest BCUT2D eigenvalue weighted by Gasteiger charge is -2.16. The molecule has 2 heteroatoms. The van der Waals surface area contributed by atoms with Crippen molar-refractivity contribution >= 4 is 8.32 Å². The Hall–Kier alpha value is 0.177. The van der Waals surface area contributed by atoms with E-state index in [2.05, 4.69) is 26.6 Å². The van der Waals surface area contributed by atoms with Crippen molar-refractivity contribution in [2.24, 2.45) is 0 Å². The fourth-order valence-corrected chi connectivity index (χ4v) is 3.43. The van der Waals surface area contributed by atoms with E-state index in [1.807, 2.05) is 0 Å². The number of unbranched alkanes of at least 4 members (excludes halogenated alkanes) is 13. The monoisotopic (exact) mass is 314 g/mol. The molecule has 0 heterocycles. The molecule has 0 aromatic rings. The molecule has 0 amide bonds. The van der Waals surface area contributed by atoms with E-state index in [4.69, 9.17) is 4.43 Å². The maximum absolute atomic E-state index is 5.88. The molecule has 0 saturated carbocycles. The van der Waals surface area contributed by atoms with Gasteiger partial charge in [-0.3, -0.25) is 0 Å². The SMILES string of the molecule is CCCCCCCCCCCCCCCCO[Si](C)(C)C. The van der Waals surface area contributed by atoms with Crippen molar-refractivity contribution in [3.8, 4) is 0 Å². The highest BCUT2D eigenvalue weighted by atomic mass is 28.4. The van der Waals surface area contributed by atoms with Crippen LogP contribution < -0.4 is 0 Å². The molecule has 0 saturated heterocycles. The van der Waals surface area contributed by atoms with Gasteiger partial charge >= 0.3 is 0 Å². The minimum absolute atomic E-state index is 0.994. The average molecular weight is 315 g/mol. The number of hydrogen-bond donors (Lipinski definition) is 0. The molecule has 128 valence electrons. The van der Waals surface area contributed by atoms with Gasteiger partial charge < -0.3 is 4.43 Å². The normalized spacial score (nSPS) is 12.0. The topological polar surface area (TPSA) is 9.23 Å². The van der Waals surface area contributed by atoms with Crippen molar-refractivity contribution in [2.45, 2.75) is 116 Å². The van der Waals surface area contributed by atoms with Gasteiger partial charge in [0.05, 0.1) is 0 Å². The van der Waals surface area contributed by atoms with Gasteiger partial charge in [-0.25, -0.2) is 0 Å². The van der Waals surface area contributed by atoms with E-state index >= 15 is 0 Å².